The van der Waals surface area contributed by atoms with Crippen LogP contribution in [0.3, 0.4) is 0 Å². The first-order valence-electron chi connectivity index (χ1n) is 7.75. The Morgan fingerprint density at radius 1 is 1.26 bits per heavy atom. The Bertz CT molecular complexity index is 897. The first-order valence-corrected chi connectivity index (χ1v) is 9.44. The lowest BCUT2D eigenvalue weighted by Crippen LogP contribution is -2.22. The number of hydrogen-bond acceptors (Lipinski definition) is 4. The predicted octanol–water partition coefficient (Wildman–Crippen LogP) is 4.95. The van der Waals surface area contributed by atoms with Crippen LogP contribution in [0.25, 0.3) is 10.2 Å². The molecular weight excluding hydrogens is 324 g/mol. The molecule has 0 radical (unpaired) electrons. The Morgan fingerprint density at radius 2 is 1.96 bits per heavy atom. The minimum atomic E-state index is 0.0853. The van der Waals surface area contributed by atoms with E-state index >= 15 is 0 Å². The highest BCUT2D eigenvalue weighted by molar-refractivity contribution is 7.99. The highest BCUT2D eigenvalue weighted by Crippen LogP contribution is 2.35. The third-order valence-electron chi connectivity index (χ3n) is 4.12. The lowest BCUT2D eigenvalue weighted by molar-refractivity contribution is 0.634. The van der Waals surface area contributed by atoms with Crippen molar-refractivity contribution in [2.45, 2.75) is 44.6 Å². The van der Waals surface area contributed by atoms with Crippen molar-refractivity contribution in [2.24, 2.45) is 0 Å². The minimum absolute atomic E-state index is 0.0853. The standard InChI is InChI=1S/C18H20N2OS2/c1-5-20-17(21)15-11(2)12(3)22-16(15)19-18(20)23-13(4)14-9-7-6-8-10-14/h6-10,13H,5H2,1-4H3/t13-/m1/s1. The molecule has 0 saturated carbocycles. The summed E-state index contributed by atoms with van der Waals surface area (Å²) >= 11 is 3.26. The topological polar surface area (TPSA) is 34.9 Å². The van der Waals surface area contributed by atoms with Crippen LogP contribution in [0.15, 0.2) is 40.3 Å². The summed E-state index contributed by atoms with van der Waals surface area (Å²) in [6.07, 6.45) is 0. The second-order valence-electron chi connectivity index (χ2n) is 5.58. The van der Waals surface area contributed by atoms with Gasteiger partial charge in [0.05, 0.1) is 5.39 Å². The number of hydrogen-bond donors (Lipinski definition) is 0. The van der Waals surface area contributed by atoms with Crippen molar-refractivity contribution in [3.63, 3.8) is 0 Å². The zero-order chi connectivity index (χ0) is 16.6. The second kappa shape index (κ2) is 6.49. The van der Waals surface area contributed by atoms with E-state index in [1.54, 1.807) is 27.7 Å². The molecule has 0 spiro atoms. The maximum atomic E-state index is 12.8. The highest BCUT2D eigenvalue weighted by atomic mass is 32.2. The molecule has 0 fully saturated rings. The van der Waals surface area contributed by atoms with Gasteiger partial charge in [-0.2, -0.15) is 0 Å². The van der Waals surface area contributed by atoms with E-state index in [0.29, 0.717) is 6.54 Å². The van der Waals surface area contributed by atoms with Gasteiger partial charge in [0.15, 0.2) is 5.16 Å². The average molecular weight is 345 g/mol. The summed E-state index contributed by atoms with van der Waals surface area (Å²) in [5.74, 6) is 0. The molecule has 1 aromatic carbocycles. The maximum absolute atomic E-state index is 12.8. The van der Waals surface area contributed by atoms with Crippen LogP contribution < -0.4 is 5.56 Å². The Balaban J connectivity index is 2.09. The summed E-state index contributed by atoms with van der Waals surface area (Å²) in [6, 6.07) is 10.3. The number of aryl methyl sites for hydroxylation is 2. The second-order valence-corrected chi connectivity index (χ2v) is 8.09. The molecule has 1 atom stereocenters. The van der Waals surface area contributed by atoms with Crippen molar-refractivity contribution in [2.75, 3.05) is 0 Å². The van der Waals surface area contributed by atoms with Gasteiger partial charge in [0.1, 0.15) is 4.83 Å². The number of thiophene rings is 1. The van der Waals surface area contributed by atoms with Gasteiger partial charge in [-0.3, -0.25) is 9.36 Å². The number of fused-ring (bicyclic) bond motifs is 1. The van der Waals surface area contributed by atoms with E-state index in [-0.39, 0.29) is 10.8 Å². The van der Waals surface area contributed by atoms with Crippen LogP contribution in [0.1, 0.15) is 35.1 Å². The quantitative estimate of drug-likeness (QED) is 0.496. The lowest BCUT2D eigenvalue weighted by Gasteiger charge is -2.15. The number of nitrogens with zero attached hydrogens (tertiary/aromatic N) is 2. The normalized spacial score (nSPS) is 12.7. The van der Waals surface area contributed by atoms with Crippen LogP contribution >= 0.6 is 23.1 Å². The summed E-state index contributed by atoms with van der Waals surface area (Å²) in [6.45, 7) is 8.86. The van der Waals surface area contributed by atoms with Crippen molar-refractivity contribution < 1.29 is 0 Å². The summed E-state index contributed by atoms with van der Waals surface area (Å²) in [4.78, 5) is 19.7. The molecule has 0 aliphatic rings. The number of thioether (sulfide) groups is 1. The maximum Gasteiger partial charge on any atom is 0.263 e. The van der Waals surface area contributed by atoms with E-state index in [1.165, 1.54) is 10.4 Å². The number of rotatable bonds is 4. The van der Waals surface area contributed by atoms with E-state index in [4.69, 9.17) is 4.98 Å². The number of aromatic nitrogens is 2. The van der Waals surface area contributed by atoms with Crippen LogP contribution in [0.5, 0.6) is 0 Å². The summed E-state index contributed by atoms with van der Waals surface area (Å²) in [7, 11) is 0. The molecule has 120 valence electrons. The third-order valence-corrected chi connectivity index (χ3v) is 6.37. The summed E-state index contributed by atoms with van der Waals surface area (Å²) in [5.41, 5.74) is 2.40. The van der Waals surface area contributed by atoms with Gasteiger partial charge in [0, 0.05) is 16.7 Å². The van der Waals surface area contributed by atoms with E-state index in [9.17, 15) is 4.79 Å². The minimum Gasteiger partial charge on any atom is -0.287 e. The molecule has 3 rings (SSSR count). The Morgan fingerprint density at radius 3 is 2.61 bits per heavy atom. The van der Waals surface area contributed by atoms with Crippen molar-refractivity contribution in [3.8, 4) is 0 Å². The molecule has 3 nitrogen and oxygen atoms in total. The Labute approximate surface area is 144 Å². The molecule has 0 amide bonds. The van der Waals surface area contributed by atoms with Crippen LogP contribution in [0, 0.1) is 13.8 Å². The van der Waals surface area contributed by atoms with Crippen LogP contribution in [0.2, 0.25) is 0 Å². The Hall–Kier alpha value is -1.59. The first kappa shape index (κ1) is 16.3. The van der Waals surface area contributed by atoms with Crippen molar-refractivity contribution >= 4 is 33.3 Å². The molecule has 2 aromatic heterocycles. The van der Waals surface area contributed by atoms with Crippen LogP contribution in [-0.2, 0) is 6.54 Å². The average Bonchev–Trinajstić information content (AvgIpc) is 2.83. The molecule has 0 bridgehead atoms. The van der Waals surface area contributed by atoms with Gasteiger partial charge in [0.2, 0.25) is 0 Å². The fraction of sp³-hybridized carbons (Fsp3) is 0.333. The molecule has 5 heteroatoms. The SMILES string of the molecule is CCn1c(S[C@H](C)c2ccccc2)nc2sc(C)c(C)c2c1=O. The molecule has 23 heavy (non-hydrogen) atoms. The molecular formula is C18H20N2OS2. The highest BCUT2D eigenvalue weighted by Gasteiger charge is 2.18. The fourth-order valence-electron chi connectivity index (χ4n) is 2.63. The van der Waals surface area contributed by atoms with E-state index in [0.717, 1.165) is 20.9 Å². The van der Waals surface area contributed by atoms with Gasteiger partial charge < -0.3 is 0 Å². The van der Waals surface area contributed by atoms with Crippen LogP contribution in [0.4, 0.5) is 0 Å². The Kier molecular flexibility index (Phi) is 4.60. The van der Waals surface area contributed by atoms with Gasteiger partial charge in [0.25, 0.3) is 5.56 Å². The smallest absolute Gasteiger partial charge is 0.263 e. The van der Waals surface area contributed by atoms with Gasteiger partial charge in [-0.25, -0.2) is 4.98 Å². The van der Waals surface area contributed by atoms with Crippen LogP contribution in [-0.4, -0.2) is 9.55 Å². The molecule has 0 N–H and O–H groups in total. The van der Waals surface area contributed by atoms with Gasteiger partial charge in [-0.15, -0.1) is 11.3 Å². The van der Waals surface area contributed by atoms with E-state index < -0.39 is 0 Å². The zero-order valence-electron chi connectivity index (χ0n) is 13.8. The monoisotopic (exact) mass is 344 g/mol. The summed E-state index contributed by atoms with van der Waals surface area (Å²) in [5, 5.41) is 1.84. The largest absolute Gasteiger partial charge is 0.287 e. The molecule has 0 aliphatic carbocycles. The van der Waals surface area contributed by atoms with Gasteiger partial charge in [-0.1, -0.05) is 42.1 Å². The summed E-state index contributed by atoms with van der Waals surface area (Å²) < 4.78 is 1.80. The molecule has 0 saturated heterocycles. The first-order chi connectivity index (χ1) is 11.0. The van der Waals surface area contributed by atoms with Crippen molar-refractivity contribution in [3.05, 3.63) is 56.7 Å². The zero-order valence-corrected chi connectivity index (χ0v) is 15.4. The molecule has 0 aliphatic heterocycles. The number of benzene rings is 1. The molecule has 2 heterocycles. The van der Waals surface area contributed by atoms with Gasteiger partial charge in [-0.05, 0) is 38.8 Å². The van der Waals surface area contributed by atoms with E-state index in [2.05, 4.69) is 26.0 Å². The molecule has 3 aromatic rings. The third kappa shape index (κ3) is 2.95. The molecule has 0 unspecified atom stereocenters. The fourth-order valence-corrected chi connectivity index (χ4v) is 4.80. The van der Waals surface area contributed by atoms with E-state index in [1.807, 2.05) is 32.0 Å². The lowest BCUT2D eigenvalue weighted by atomic mass is 10.2. The van der Waals surface area contributed by atoms with Crippen molar-refractivity contribution in [1.29, 1.82) is 0 Å². The van der Waals surface area contributed by atoms with Gasteiger partial charge >= 0.3 is 0 Å². The van der Waals surface area contributed by atoms with Crippen molar-refractivity contribution in [1.82, 2.24) is 9.55 Å². The predicted molar refractivity (Wildman–Crippen MR) is 99.7 cm³/mol.